The van der Waals surface area contributed by atoms with Crippen molar-refractivity contribution >= 4 is 17.1 Å². The van der Waals surface area contributed by atoms with Crippen molar-refractivity contribution in [3.8, 4) is 0 Å². The topological polar surface area (TPSA) is 72.4 Å². The Kier molecular flexibility index (Phi) is 4.42. The van der Waals surface area contributed by atoms with Crippen LogP contribution in [0.5, 0.6) is 0 Å². The molecule has 0 bridgehead atoms. The molecule has 2 rings (SSSR count). The maximum absolute atomic E-state index is 10.8. The van der Waals surface area contributed by atoms with Gasteiger partial charge in [-0.25, -0.2) is 0 Å². The van der Waals surface area contributed by atoms with E-state index in [1.54, 1.807) is 12.1 Å². The number of nitrogens with two attached hydrogens (primary N) is 1. The number of rotatable bonds is 5. The van der Waals surface area contributed by atoms with Crippen LogP contribution in [0.3, 0.4) is 0 Å². The fourth-order valence-corrected chi connectivity index (χ4v) is 2.30. The molecule has 0 saturated carbocycles. The lowest BCUT2D eigenvalue weighted by atomic mass is 10.1. The second-order valence-electron chi connectivity index (χ2n) is 5.00. The van der Waals surface area contributed by atoms with E-state index in [1.807, 2.05) is 6.07 Å². The Balaban J connectivity index is 2.23. The minimum absolute atomic E-state index is 0.0441. The van der Waals surface area contributed by atoms with Crippen molar-refractivity contribution in [2.24, 2.45) is 0 Å². The molecule has 0 heterocycles. The number of nitro benzene ring substituents is 1. The Morgan fingerprint density at radius 1 is 1.24 bits per heavy atom. The van der Waals surface area contributed by atoms with Crippen molar-refractivity contribution in [2.45, 2.75) is 20.4 Å². The molecule has 5 nitrogen and oxygen atoms in total. The Bertz CT molecular complexity index is 656. The maximum atomic E-state index is 10.8. The molecular weight excluding hydrogens is 266 g/mol. The Labute approximate surface area is 124 Å². The number of hydrogen-bond acceptors (Lipinski definition) is 4. The molecule has 0 unspecified atom stereocenters. The number of nitrogens with zero attached hydrogens (tertiary/aromatic N) is 2. The Morgan fingerprint density at radius 2 is 2.00 bits per heavy atom. The third-order valence-corrected chi connectivity index (χ3v) is 3.41. The van der Waals surface area contributed by atoms with E-state index >= 15 is 0 Å². The van der Waals surface area contributed by atoms with Gasteiger partial charge in [-0.1, -0.05) is 18.2 Å². The maximum Gasteiger partial charge on any atom is 0.292 e. The lowest BCUT2D eigenvalue weighted by Crippen LogP contribution is -2.22. The molecule has 0 radical (unpaired) electrons. The van der Waals surface area contributed by atoms with Gasteiger partial charge in [-0.15, -0.1) is 0 Å². The summed E-state index contributed by atoms with van der Waals surface area (Å²) >= 11 is 0. The van der Waals surface area contributed by atoms with Crippen LogP contribution in [-0.2, 0) is 6.54 Å². The van der Waals surface area contributed by atoms with E-state index < -0.39 is 4.92 Å². The second kappa shape index (κ2) is 6.26. The van der Waals surface area contributed by atoms with Crippen LogP contribution in [0, 0.1) is 17.0 Å². The van der Waals surface area contributed by atoms with Gasteiger partial charge in [0.25, 0.3) is 5.69 Å². The van der Waals surface area contributed by atoms with E-state index in [-0.39, 0.29) is 11.4 Å². The first kappa shape index (κ1) is 14.8. The number of nitrogen functional groups attached to an aromatic ring is 1. The number of benzene rings is 2. The standard InChI is InChI=1S/C16H19N3O2/c1-3-18(14-6-4-5-12(2)9-14)11-13-7-8-16(19(20)21)15(17)10-13/h4-10H,3,11,17H2,1-2H3. The molecule has 2 aromatic carbocycles. The van der Waals surface area contributed by atoms with E-state index in [0.29, 0.717) is 6.54 Å². The van der Waals surface area contributed by atoms with Gasteiger partial charge < -0.3 is 10.6 Å². The summed E-state index contributed by atoms with van der Waals surface area (Å²) in [6.07, 6.45) is 0. The van der Waals surface area contributed by atoms with Crippen LogP contribution in [0.4, 0.5) is 17.1 Å². The van der Waals surface area contributed by atoms with Crippen LogP contribution in [0.2, 0.25) is 0 Å². The smallest absolute Gasteiger partial charge is 0.292 e. The highest BCUT2D eigenvalue weighted by molar-refractivity contribution is 5.60. The Hall–Kier alpha value is -2.56. The van der Waals surface area contributed by atoms with Crippen LogP contribution in [0.1, 0.15) is 18.1 Å². The summed E-state index contributed by atoms with van der Waals surface area (Å²) < 4.78 is 0. The van der Waals surface area contributed by atoms with Gasteiger partial charge in [0, 0.05) is 24.8 Å². The molecule has 0 amide bonds. The zero-order valence-electron chi connectivity index (χ0n) is 12.2. The van der Waals surface area contributed by atoms with Gasteiger partial charge in [0.1, 0.15) is 5.69 Å². The summed E-state index contributed by atoms with van der Waals surface area (Å²) in [6.45, 7) is 5.65. The molecule has 21 heavy (non-hydrogen) atoms. The number of anilines is 2. The minimum Gasteiger partial charge on any atom is -0.393 e. The monoisotopic (exact) mass is 285 g/mol. The fourth-order valence-electron chi connectivity index (χ4n) is 2.30. The molecule has 5 heteroatoms. The van der Waals surface area contributed by atoms with Crippen LogP contribution >= 0.6 is 0 Å². The van der Waals surface area contributed by atoms with Crippen molar-refractivity contribution in [3.05, 3.63) is 63.7 Å². The lowest BCUT2D eigenvalue weighted by Gasteiger charge is -2.23. The van der Waals surface area contributed by atoms with Crippen molar-refractivity contribution in [1.29, 1.82) is 0 Å². The van der Waals surface area contributed by atoms with Crippen LogP contribution in [0.15, 0.2) is 42.5 Å². The molecule has 0 fully saturated rings. The summed E-state index contributed by atoms with van der Waals surface area (Å²) in [5.74, 6) is 0. The highest BCUT2D eigenvalue weighted by Gasteiger charge is 2.12. The summed E-state index contributed by atoms with van der Waals surface area (Å²) in [5, 5.41) is 10.8. The number of aryl methyl sites for hydroxylation is 1. The number of hydrogen-bond donors (Lipinski definition) is 1. The molecule has 0 aliphatic rings. The zero-order chi connectivity index (χ0) is 15.4. The molecule has 0 aliphatic carbocycles. The summed E-state index contributed by atoms with van der Waals surface area (Å²) in [4.78, 5) is 12.5. The molecule has 2 aromatic rings. The fraction of sp³-hybridized carbons (Fsp3) is 0.250. The first-order valence-corrected chi connectivity index (χ1v) is 6.85. The zero-order valence-corrected chi connectivity index (χ0v) is 12.2. The van der Waals surface area contributed by atoms with E-state index in [0.717, 1.165) is 17.8 Å². The van der Waals surface area contributed by atoms with Crippen molar-refractivity contribution in [3.63, 3.8) is 0 Å². The largest absolute Gasteiger partial charge is 0.393 e. The van der Waals surface area contributed by atoms with E-state index in [1.165, 1.54) is 11.6 Å². The first-order valence-electron chi connectivity index (χ1n) is 6.85. The van der Waals surface area contributed by atoms with Crippen molar-refractivity contribution < 1.29 is 4.92 Å². The van der Waals surface area contributed by atoms with Gasteiger partial charge in [0.2, 0.25) is 0 Å². The third kappa shape index (κ3) is 3.51. The predicted molar refractivity (Wildman–Crippen MR) is 85.4 cm³/mol. The molecule has 2 N–H and O–H groups in total. The van der Waals surface area contributed by atoms with E-state index in [9.17, 15) is 10.1 Å². The molecular formula is C16H19N3O2. The SMILES string of the molecule is CCN(Cc1ccc([N+](=O)[O-])c(N)c1)c1cccc(C)c1. The highest BCUT2D eigenvalue weighted by Crippen LogP contribution is 2.24. The van der Waals surface area contributed by atoms with Crippen LogP contribution in [-0.4, -0.2) is 11.5 Å². The van der Waals surface area contributed by atoms with Crippen LogP contribution < -0.4 is 10.6 Å². The van der Waals surface area contributed by atoms with E-state index in [4.69, 9.17) is 5.73 Å². The molecule has 0 aromatic heterocycles. The van der Waals surface area contributed by atoms with E-state index in [2.05, 4.69) is 36.9 Å². The average Bonchev–Trinajstić information content (AvgIpc) is 2.44. The highest BCUT2D eigenvalue weighted by atomic mass is 16.6. The van der Waals surface area contributed by atoms with Crippen molar-refractivity contribution in [1.82, 2.24) is 0 Å². The van der Waals surface area contributed by atoms with Gasteiger partial charge >= 0.3 is 0 Å². The molecule has 0 atom stereocenters. The number of nitro groups is 1. The first-order chi connectivity index (χ1) is 10.0. The minimum atomic E-state index is -0.461. The van der Waals surface area contributed by atoms with Crippen molar-refractivity contribution in [2.75, 3.05) is 17.2 Å². The van der Waals surface area contributed by atoms with Crippen LogP contribution in [0.25, 0.3) is 0 Å². The molecule has 0 aliphatic heterocycles. The summed E-state index contributed by atoms with van der Waals surface area (Å²) in [5.41, 5.74) is 9.20. The Morgan fingerprint density at radius 3 is 2.57 bits per heavy atom. The van der Waals surface area contributed by atoms with Gasteiger partial charge in [-0.2, -0.15) is 0 Å². The normalized spacial score (nSPS) is 10.4. The molecule has 0 saturated heterocycles. The predicted octanol–water partition coefficient (Wildman–Crippen LogP) is 3.51. The van der Waals surface area contributed by atoms with Gasteiger partial charge in [-0.3, -0.25) is 10.1 Å². The third-order valence-electron chi connectivity index (χ3n) is 3.41. The lowest BCUT2D eigenvalue weighted by molar-refractivity contribution is -0.383. The molecule has 0 spiro atoms. The molecule has 110 valence electrons. The average molecular weight is 285 g/mol. The van der Waals surface area contributed by atoms with Gasteiger partial charge in [-0.05, 0) is 43.2 Å². The second-order valence-corrected chi connectivity index (χ2v) is 5.00. The summed E-state index contributed by atoms with van der Waals surface area (Å²) in [7, 11) is 0. The quantitative estimate of drug-likeness (QED) is 0.518. The van der Waals surface area contributed by atoms with Gasteiger partial charge in [0.15, 0.2) is 0 Å². The van der Waals surface area contributed by atoms with Gasteiger partial charge in [0.05, 0.1) is 4.92 Å². The summed E-state index contributed by atoms with van der Waals surface area (Å²) in [6, 6.07) is 13.2.